The van der Waals surface area contributed by atoms with Gasteiger partial charge in [0.15, 0.2) is 18.1 Å². The number of carbonyl (C=O) groups excluding carboxylic acids is 1. The maximum absolute atomic E-state index is 11.7. The number of hydrazone groups is 1. The first-order chi connectivity index (χ1) is 12.0. The van der Waals surface area contributed by atoms with Gasteiger partial charge in [-0.05, 0) is 42.0 Å². The molecule has 0 saturated carbocycles. The van der Waals surface area contributed by atoms with Gasteiger partial charge in [0.1, 0.15) is 5.75 Å². The maximum Gasteiger partial charge on any atom is 0.277 e. The van der Waals surface area contributed by atoms with Crippen molar-refractivity contribution in [2.75, 3.05) is 20.8 Å². The summed E-state index contributed by atoms with van der Waals surface area (Å²) >= 11 is 11.7. The third-order valence-electron chi connectivity index (χ3n) is 3.06. The number of nitrogens with zero attached hydrogens (tertiary/aromatic N) is 1. The van der Waals surface area contributed by atoms with Crippen LogP contribution in [0.4, 0.5) is 0 Å². The monoisotopic (exact) mass is 382 g/mol. The summed E-state index contributed by atoms with van der Waals surface area (Å²) < 4.78 is 15.7. The summed E-state index contributed by atoms with van der Waals surface area (Å²) in [6.07, 6.45) is 1.48. The van der Waals surface area contributed by atoms with E-state index in [1.807, 2.05) is 0 Å². The van der Waals surface area contributed by atoms with Crippen LogP contribution in [0.25, 0.3) is 0 Å². The van der Waals surface area contributed by atoms with Crippen LogP contribution >= 0.6 is 23.2 Å². The molecule has 0 saturated heterocycles. The third kappa shape index (κ3) is 5.55. The SMILES string of the molecule is COc1ccc(/C=N/NC(=O)COc2ccc(Cl)cc2Cl)cc1OC. The zero-order valence-electron chi connectivity index (χ0n) is 13.6. The summed E-state index contributed by atoms with van der Waals surface area (Å²) in [6, 6.07) is 10.00. The first kappa shape index (κ1) is 18.9. The van der Waals surface area contributed by atoms with Crippen LogP contribution in [-0.2, 0) is 4.79 Å². The van der Waals surface area contributed by atoms with Gasteiger partial charge in [0.2, 0.25) is 0 Å². The molecule has 0 aliphatic carbocycles. The van der Waals surface area contributed by atoms with Gasteiger partial charge in [0, 0.05) is 5.02 Å². The quantitative estimate of drug-likeness (QED) is 0.587. The lowest BCUT2D eigenvalue weighted by molar-refractivity contribution is -0.123. The highest BCUT2D eigenvalue weighted by atomic mass is 35.5. The number of halogens is 2. The zero-order chi connectivity index (χ0) is 18.2. The predicted molar refractivity (Wildman–Crippen MR) is 97.2 cm³/mol. The molecule has 1 amide bonds. The Kier molecular flexibility index (Phi) is 6.91. The van der Waals surface area contributed by atoms with Gasteiger partial charge in [-0.25, -0.2) is 5.43 Å². The summed E-state index contributed by atoms with van der Waals surface area (Å²) in [6.45, 7) is -0.232. The molecule has 2 rings (SSSR count). The van der Waals surface area contributed by atoms with Gasteiger partial charge in [-0.15, -0.1) is 0 Å². The second kappa shape index (κ2) is 9.15. The molecule has 2 aromatic rings. The molecular weight excluding hydrogens is 367 g/mol. The summed E-state index contributed by atoms with van der Waals surface area (Å²) in [4.78, 5) is 11.7. The first-order valence-electron chi connectivity index (χ1n) is 7.15. The molecule has 2 aromatic carbocycles. The Bertz CT molecular complexity index is 781. The molecule has 0 radical (unpaired) electrons. The second-order valence-electron chi connectivity index (χ2n) is 4.77. The number of ether oxygens (including phenoxy) is 3. The Labute approximate surface area is 155 Å². The average molecular weight is 383 g/mol. The van der Waals surface area contributed by atoms with E-state index in [0.717, 1.165) is 5.56 Å². The molecule has 0 aliphatic rings. The fourth-order valence-corrected chi connectivity index (χ4v) is 2.34. The zero-order valence-corrected chi connectivity index (χ0v) is 15.1. The lowest BCUT2D eigenvalue weighted by atomic mass is 10.2. The van der Waals surface area contributed by atoms with Crippen LogP contribution in [0.5, 0.6) is 17.2 Å². The van der Waals surface area contributed by atoms with Crippen molar-refractivity contribution in [3.05, 3.63) is 52.0 Å². The van der Waals surface area contributed by atoms with Gasteiger partial charge < -0.3 is 14.2 Å². The fraction of sp³-hybridized carbons (Fsp3) is 0.176. The van der Waals surface area contributed by atoms with Gasteiger partial charge in [-0.3, -0.25) is 4.79 Å². The average Bonchev–Trinajstić information content (AvgIpc) is 2.60. The topological polar surface area (TPSA) is 69.2 Å². The van der Waals surface area contributed by atoms with Crippen LogP contribution in [0.15, 0.2) is 41.5 Å². The normalized spacial score (nSPS) is 10.6. The Morgan fingerprint density at radius 1 is 1.08 bits per heavy atom. The van der Waals surface area contributed by atoms with Crippen LogP contribution in [-0.4, -0.2) is 32.9 Å². The predicted octanol–water partition coefficient (Wildman–Crippen LogP) is 3.54. The minimum absolute atomic E-state index is 0.232. The van der Waals surface area contributed by atoms with Crippen molar-refractivity contribution in [2.24, 2.45) is 5.10 Å². The van der Waals surface area contributed by atoms with Gasteiger partial charge in [-0.2, -0.15) is 5.10 Å². The Hall–Kier alpha value is -2.44. The maximum atomic E-state index is 11.7. The molecule has 0 heterocycles. The summed E-state index contributed by atoms with van der Waals surface area (Å²) in [5.74, 6) is 1.11. The molecular formula is C17H16Cl2N2O4. The Morgan fingerprint density at radius 3 is 2.48 bits per heavy atom. The minimum atomic E-state index is -0.428. The van der Waals surface area contributed by atoms with Crippen molar-refractivity contribution in [1.82, 2.24) is 5.43 Å². The Balaban J connectivity index is 1.88. The summed E-state index contributed by atoms with van der Waals surface area (Å²) in [7, 11) is 3.10. The lowest BCUT2D eigenvalue weighted by Crippen LogP contribution is -2.24. The van der Waals surface area contributed by atoms with Crippen molar-refractivity contribution >= 4 is 35.3 Å². The molecule has 0 fully saturated rings. The van der Waals surface area contributed by atoms with Gasteiger partial charge in [-0.1, -0.05) is 23.2 Å². The van der Waals surface area contributed by atoms with Crippen LogP contribution in [0, 0.1) is 0 Å². The third-order valence-corrected chi connectivity index (χ3v) is 3.59. The van der Waals surface area contributed by atoms with Crippen molar-refractivity contribution in [2.45, 2.75) is 0 Å². The molecule has 6 nitrogen and oxygen atoms in total. The van der Waals surface area contributed by atoms with E-state index in [9.17, 15) is 4.79 Å². The van der Waals surface area contributed by atoms with Crippen molar-refractivity contribution in [3.63, 3.8) is 0 Å². The van der Waals surface area contributed by atoms with Crippen LogP contribution < -0.4 is 19.6 Å². The highest BCUT2D eigenvalue weighted by molar-refractivity contribution is 6.35. The first-order valence-corrected chi connectivity index (χ1v) is 7.91. The van der Waals surface area contributed by atoms with Gasteiger partial charge in [0.05, 0.1) is 25.5 Å². The highest BCUT2D eigenvalue weighted by Crippen LogP contribution is 2.28. The number of carbonyl (C=O) groups is 1. The number of rotatable bonds is 7. The van der Waals surface area contributed by atoms with Crippen LogP contribution in [0.1, 0.15) is 5.56 Å². The van der Waals surface area contributed by atoms with E-state index >= 15 is 0 Å². The molecule has 0 spiro atoms. The second-order valence-corrected chi connectivity index (χ2v) is 5.61. The van der Waals surface area contributed by atoms with E-state index in [-0.39, 0.29) is 6.61 Å². The molecule has 25 heavy (non-hydrogen) atoms. The molecule has 0 atom stereocenters. The van der Waals surface area contributed by atoms with Crippen LogP contribution in [0.2, 0.25) is 10.0 Å². The smallest absolute Gasteiger partial charge is 0.277 e. The lowest BCUT2D eigenvalue weighted by Gasteiger charge is -2.08. The van der Waals surface area contributed by atoms with E-state index in [1.165, 1.54) is 12.3 Å². The molecule has 132 valence electrons. The van der Waals surface area contributed by atoms with Gasteiger partial charge >= 0.3 is 0 Å². The number of benzene rings is 2. The fourth-order valence-electron chi connectivity index (χ4n) is 1.88. The molecule has 0 unspecified atom stereocenters. The van der Waals surface area contributed by atoms with Crippen molar-refractivity contribution in [1.29, 1.82) is 0 Å². The molecule has 0 aliphatic heterocycles. The standard InChI is InChI=1S/C17H16Cl2N2O4/c1-23-15-5-3-11(7-16(15)24-2)9-20-21-17(22)10-25-14-6-4-12(18)8-13(14)19/h3-9H,10H2,1-2H3,(H,21,22)/b20-9+. The number of hydrogen-bond donors (Lipinski definition) is 1. The van der Waals surface area contributed by atoms with Gasteiger partial charge in [0.25, 0.3) is 5.91 Å². The van der Waals surface area contributed by atoms with E-state index in [4.69, 9.17) is 37.4 Å². The van der Waals surface area contributed by atoms with E-state index in [0.29, 0.717) is 27.3 Å². The van der Waals surface area contributed by atoms with E-state index in [1.54, 1.807) is 44.6 Å². The molecule has 1 N–H and O–H groups in total. The van der Waals surface area contributed by atoms with E-state index < -0.39 is 5.91 Å². The molecule has 0 aromatic heterocycles. The molecule has 8 heteroatoms. The summed E-state index contributed by atoms with van der Waals surface area (Å²) in [5.41, 5.74) is 3.10. The van der Waals surface area contributed by atoms with Crippen molar-refractivity contribution in [3.8, 4) is 17.2 Å². The summed E-state index contributed by atoms with van der Waals surface area (Å²) in [5, 5.41) is 4.68. The van der Waals surface area contributed by atoms with E-state index in [2.05, 4.69) is 10.5 Å². The Morgan fingerprint density at radius 2 is 1.80 bits per heavy atom. The number of amides is 1. The molecule has 0 bridgehead atoms. The highest BCUT2D eigenvalue weighted by Gasteiger charge is 2.06. The number of methoxy groups -OCH3 is 2. The van der Waals surface area contributed by atoms with Crippen molar-refractivity contribution < 1.29 is 19.0 Å². The minimum Gasteiger partial charge on any atom is -0.493 e. The van der Waals surface area contributed by atoms with Crippen LogP contribution in [0.3, 0.4) is 0 Å². The largest absolute Gasteiger partial charge is 0.493 e. The number of nitrogens with one attached hydrogen (secondary N) is 1. The number of hydrogen-bond acceptors (Lipinski definition) is 5.